The predicted molar refractivity (Wildman–Crippen MR) is 74.5 cm³/mol. The van der Waals surface area contributed by atoms with E-state index in [-0.39, 0.29) is 17.6 Å². The van der Waals surface area contributed by atoms with Gasteiger partial charge in [-0.3, -0.25) is 14.8 Å². The Morgan fingerprint density at radius 2 is 2.33 bits per heavy atom. The molecule has 1 fully saturated rings. The molecule has 0 bridgehead atoms. The Morgan fingerprint density at radius 1 is 1.57 bits per heavy atom. The SMILES string of the molecule is CCCCOc1nn(C2COCC(O)C2)c(C)c1[N+](=O)[O-]. The standard InChI is InChI=1S/C13H21N3O5/c1-3-4-5-21-13-12(16(18)19)9(2)15(14-13)10-6-11(17)8-20-7-10/h10-11,17H,3-8H2,1-2H3. The summed E-state index contributed by atoms with van der Waals surface area (Å²) in [6.07, 6.45) is 1.65. The van der Waals surface area contributed by atoms with Gasteiger partial charge in [-0.15, -0.1) is 5.10 Å². The summed E-state index contributed by atoms with van der Waals surface area (Å²) in [5, 5.41) is 25.1. The monoisotopic (exact) mass is 299 g/mol. The van der Waals surface area contributed by atoms with Gasteiger partial charge in [0, 0.05) is 6.42 Å². The first-order valence-electron chi connectivity index (χ1n) is 7.16. The van der Waals surface area contributed by atoms with Crippen LogP contribution in [-0.4, -0.2) is 45.7 Å². The van der Waals surface area contributed by atoms with Crippen molar-refractivity contribution < 1.29 is 19.5 Å². The summed E-state index contributed by atoms with van der Waals surface area (Å²) in [6.45, 7) is 4.72. The van der Waals surface area contributed by atoms with Crippen LogP contribution in [0.4, 0.5) is 5.69 Å². The summed E-state index contributed by atoms with van der Waals surface area (Å²) in [6, 6.07) is -0.212. The van der Waals surface area contributed by atoms with E-state index in [1.165, 1.54) is 0 Å². The molecule has 8 heteroatoms. The Bertz CT molecular complexity index is 502. The lowest BCUT2D eigenvalue weighted by atomic mass is 10.1. The molecule has 1 aromatic rings. The molecular weight excluding hydrogens is 278 g/mol. The summed E-state index contributed by atoms with van der Waals surface area (Å²) < 4.78 is 12.3. The van der Waals surface area contributed by atoms with E-state index in [9.17, 15) is 15.2 Å². The van der Waals surface area contributed by atoms with Crippen LogP contribution in [-0.2, 0) is 4.74 Å². The van der Waals surface area contributed by atoms with E-state index < -0.39 is 11.0 Å². The first kappa shape index (κ1) is 15.7. The average Bonchev–Trinajstić information content (AvgIpc) is 2.76. The molecule has 0 aromatic carbocycles. The van der Waals surface area contributed by atoms with E-state index in [0.29, 0.717) is 31.9 Å². The maximum atomic E-state index is 11.2. The number of nitrogens with zero attached hydrogens (tertiary/aromatic N) is 3. The second-order valence-electron chi connectivity index (χ2n) is 5.22. The van der Waals surface area contributed by atoms with Crippen molar-refractivity contribution in [3.8, 4) is 5.88 Å². The van der Waals surface area contributed by atoms with Gasteiger partial charge < -0.3 is 14.6 Å². The zero-order chi connectivity index (χ0) is 15.4. The second-order valence-corrected chi connectivity index (χ2v) is 5.22. The number of rotatable bonds is 6. The summed E-state index contributed by atoms with van der Waals surface area (Å²) in [5.74, 6) is 0.0472. The van der Waals surface area contributed by atoms with Crippen LogP contribution >= 0.6 is 0 Å². The molecule has 21 heavy (non-hydrogen) atoms. The molecule has 2 rings (SSSR count). The van der Waals surface area contributed by atoms with E-state index in [4.69, 9.17) is 9.47 Å². The van der Waals surface area contributed by atoms with Gasteiger partial charge in [0.1, 0.15) is 5.69 Å². The Hall–Kier alpha value is -1.67. The summed E-state index contributed by atoms with van der Waals surface area (Å²) in [5.41, 5.74) is 0.320. The Labute approximate surface area is 122 Å². The van der Waals surface area contributed by atoms with Crippen molar-refractivity contribution >= 4 is 5.69 Å². The lowest BCUT2D eigenvalue weighted by molar-refractivity contribution is -0.386. The Morgan fingerprint density at radius 3 is 2.95 bits per heavy atom. The van der Waals surface area contributed by atoms with Gasteiger partial charge in [0.15, 0.2) is 0 Å². The van der Waals surface area contributed by atoms with Gasteiger partial charge in [-0.2, -0.15) is 0 Å². The molecule has 1 N–H and O–H groups in total. The van der Waals surface area contributed by atoms with Gasteiger partial charge in [-0.05, 0) is 13.3 Å². The lowest BCUT2D eigenvalue weighted by Crippen LogP contribution is -2.32. The van der Waals surface area contributed by atoms with E-state index >= 15 is 0 Å². The molecule has 0 spiro atoms. The quantitative estimate of drug-likeness (QED) is 0.486. The van der Waals surface area contributed by atoms with Gasteiger partial charge in [0.25, 0.3) is 0 Å². The number of hydrogen-bond acceptors (Lipinski definition) is 6. The largest absolute Gasteiger partial charge is 0.472 e. The number of hydrogen-bond donors (Lipinski definition) is 1. The zero-order valence-corrected chi connectivity index (χ0v) is 12.3. The number of aliphatic hydroxyl groups excluding tert-OH is 1. The molecule has 1 aliphatic heterocycles. The van der Waals surface area contributed by atoms with Crippen molar-refractivity contribution in [2.24, 2.45) is 0 Å². The highest BCUT2D eigenvalue weighted by Crippen LogP contribution is 2.33. The maximum absolute atomic E-state index is 11.2. The highest BCUT2D eigenvalue weighted by atomic mass is 16.6. The molecular formula is C13H21N3O5. The molecule has 0 radical (unpaired) electrons. The minimum atomic E-state index is -0.573. The summed E-state index contributed by atoms with van der Waals surface area (Å²) >= 11 is 0. The molecule has 0 amide bonds. The van der Waals surface area contributed by atoms with Crippen LogP contribution in [0.5, 0.6) is 5.88 Å². The van der Waals surface area contributed by atoms with E-state index in [1.54, 1.807) is 11.6 Å². The van der Waals surface area contributed by atoms with Crippen molar-refractivity contribution in [3.63, 3.8) is 0 Å². The number of ether oxygens (including phenoxy) is 2. The van der Waals surface area contributed by atoms with Gasteiger partial charge in [-0.1, -0.05) is 13.3 Å². The lowest BCUT2D eigenvalue weighted by Gasteiger charge is -2.26. The molecule has 2 heterocycles. The topological polar surface area (TPSA) is 99.7 Å². The predicted octanol–water partition coefficient (Wildman–Crippen LogP) is 1.60. The fraction of sp³-hybridized carbons (Fsp3) is 0.769. The maximum Gasteiger partial charge on any atom is 0.352 e. The van der Waals surface area contributed by atoms with Crippen LogP contribution < -0.4 is 4.74 Å². The van der Waals surface area contributed by atoms with Gasteiger partial charge >= 0.3 is 11.6 Å². The third-order valence-corrected chi connectivity index (χ3v) is 3.52. The number of unbranched alkanes of at least 4 members (excludes halogenated alkanes) is 1. The average molecular weight is 299 g/mol. The summed E-state index contributed by atoms with van der Waals surface area (Å²) in [4.78, 5) is 10.8. The molecule has 8 nitrogen and oxygen atoms in total. The third-order valence-electron chi connectivity index (χ3n) is 3.52. The van der Waals surface area contributed by atoms with E-state index in [1.807, 2.05) is 6.92 Å². The number of aliphatic hydroxyl groups is 1. The Kier molecular flexibility index (Phi) is 5.13. The van der Waals surface area contributed by atoms with Crippen LogP contribution in [0.3, 0.4) is 0 Å². The van der Waals surface area contributed by atoms with E-state index in [0.717, 1.165) is 12.8 Å². The number of nitro groups is 1. The fourth-order valence-corrected chi connectivity index (χ4v) is 2.42. The minimum absolute atomic E-state index is 0.0472. The zero-order valence-electron chi connectivity index (χ0n) is 12.3. The highest BCUT2D eigenvalue weighted by molar-refractivity contribution is 5.45. The van der Waals surface area contributed by atoms with E-state index in [2.05, 4.69) is 5.10 Å². The molecule has 118 valence electrons. The van der Waals surface area contributed by atoms with Crippen molar-refractivity contribution in [3.05, 3.63) is 15.8 Å². The first-order chi connectivity index (χ1) is 10.0. The highest BCUT2D eigenvalue weighted by Gasteiger charge is 2.32. The Balaban J connectivity index is 2.25. The molecule has 1 aliphatic rings. The van der Waals surface area contributed by atoms with Gasteiger partial charge in [0.2, 0.25) is 0 Å². The van der Waals surface area contributed by atoms with Crippen LogP contribution in [0.1, 0.15) is 37.9 Å². The molecule has 1 aromatic heterocycles. The van der Waals surface area contributed by atoms with Crippen LogP contribution in [0, 0.1) is 17.0 Å². The van der Waals surface area contributed by atoms with Crippen molar-refractivity contribution in [2.45, 2.75) is 45.3 Å². The molecule has 0 saturated carbocycles. The first-order valence-corrected chi connectivity index (χ1v) is 7.16. The van der Waals surface area contributed by atoms with Crippen LogP contribution in [0.2, 0.25) is 0 Å². The molecule has 1 saturated heterocycles. The van der Waals surface area contributed by atoms with Crippen molar-refractivity contribution in [2.75, 3.05) is 19.8 Å². The van der Waals surface area contributed by atoms with Crippen LogP contribution in [0.25, 0.3) is 0 Å². The third kappa shape index (κ3) is 3.51. The normalized spacial score (nSPS) is 22.2. The van der Waals surface area contributed by atoms with Gasteiger partial charge in [-0.25, -0.2) is 0 Å². The van der Waals surface area contributed by atoms with Crippen molar-refractivity contribution in [1.82, 2.24) is 9.78 Å². The molecule has 2 atom stereocenters. The van der Waals surface area contributed by atoms with Crippen molar-refractivity contribution in [1.29, 1.82) is 0 Å². The smallest absolute Gasteiger partial charge is 0.352 e. The summed E-state index contributed by atoms with van der Waals surface area (Å²) in [7, 11) is 0. The number of aromatic nitrogens is 2. The molecule has 2 unspecified atom stereocenters. The van der Waals surface area contributed by atoms with Gasteiger partial charge in [0.05, 0.1) is 36.9 Å². The minimum Gasteiger partial charge on any atom is -0.472 e. The molecule has 0 aliphatic carbocycles. The fourth-order valence-electron chi connectivity index (χ4n) is 2.42. The van der Waals surface area contributed by atoms with Crippen LogP contribution in [0.15, 0.2) is 0 Å². The second kappa shape index (κ2) is 6.86.